The highest BCUT2D eigenvalue weighted by atomic mass is 35.5. The van der Waals surface area contributed by atoms with E-state index in [-0.39, 0.29) is 18.2 Å². The van der Waals surface area contributed by atoms with Crippen LogP contribution in [0.4, 0.5) is 4.79 Å². The van der Waals surface area contributed by atoms with Crippen LogP contribution < -0.4 is 5.43 Å². The molecule has 2 unspecified atom stereocenters. The molecule has 0 radical (unpaired) electrons. The van der Waals surface area contributed by atoms with Gasteiger partial charge in [0.2, 0.25) is 0 Å². The van der Waals surface area contributed by atoms with Gasteiger partial charge in [0.1, 0.15) is 0 Å². The molecule has 1 N–H and O–H groups in total. The molecule has 0 aromatic heterocycles. The van der Waals surface area contributed by atoms with Gasteiger partial charge in [0.25, 0.3) is 0 Å². The zero-order valence-corrected chi connectivity index (χ0v) is 20.1. The van der Waals surface area contributed by atoms with E-state index in [1.165, 1.54) is 16.7 Å². The Hall–Kier alpha value is -3.35. The molecule has 3 aromatic carbocycles. The zero-order chi connectivity index (χ0) is 23.7. The minimum absolute atomic E-state index is 0.0523. The van der Waals surface area contributed by atoms with Crippen LogP contribution in [-0.4, -0.2) is 53.1 Å². The largest absolute Gasteiger partial charge is 0.336 e. The van der Waals surface area contributed by atoms with Crippen molar-refractivity contribution in [2.24, 2.45) is 5.10 Å². The lowest BCUT2D eigenvalue weighted by atomic mass is 9.91. The van der Waals surface area contributed by atoms with Gasteiger partial charge >= 0.3 is 6.03 Å². The Morgan fingerprint density at radius 1 is 1.00 bits per heavy atom. The lowest BCUT2D eigenvalue weighted by molar-refractivity contribution is 0.0860. The van der Waals surface area contributed by atoms with Crippen LogP contribution in [-0.2, 0) is 6.42 Å². The molecule has 3 aromatic rings. The number of hydrazone groups is 1. The second-order valence-corrected chi connectivity index (χ2v) is 9.30. The van der Waals surface area contributed by atoms with Crippen LogP contribution in [0.5, 0.6) is 0 Å². The van der Waals surface area contributed by atoms with Crippen molar-refractivity contribution in [2.75, 3.05) is 20.1 Å². The Morgan fingerprint density at radius 3 is 2.41 bits per heavy atom. The summed E-state index contributed by atoms with van der Waals surface area (Å²) in [6, 6.07) is 26.5. The average molecular weight is 474 g/mol. The molecule has 174 valence electrons. The molecule has 5 rings (SSSR count). The first-order valence-electron chi connectivity index (χ1n) is 11.5. The summed E-state index contributed by atoms with van der Waals surface area (Å²) >= 11 is 6.13. The monoisotopic (exact) mass is 473 g/mol. The summed E-state index contributed by atoms with van der Waals surface area (Å²) in [5, 5.41) is 9.37. The van der Waals surface area contributed by atoms with Crippen LogP contribution in [0.1, 0.15) is 28.2 Å². The van der Waals surface area contributed by atoms with E-state index in [1.54, 1.807) is 9.91 Å². The Bertz CT molecular complexity index is 1180. The highest BCUT2D eigenvalue weighted by molar-refractivity contribution is 6.30. The first kappa shape index (κ1) is 22.4. The van der Waals surface area contributed by atoms with Crippen molar-refractivity contribution >= 4 is 23.3 Å². The number of hydrogen-bond donors (Lipinski definition) is 1. The summed E-state index contributed by atoms with van der Waals surface area (Å²) in [6.07, 6.45) is 0.437. The lowest BCUT2D eigenvalue weighted by Crippen LogP contribution is -2.48. The number of urea groups is 1. The molecule has 2 amide bonds. The third kappa shape index (κ3) is 4.52. The van der Waals surface area contributed by atoms with E-state index in [0.717, 1.165) is 17.7 Å². The van der Waals surface area contributed by atoms with Crippen LogP contribution in [0.25, 0.3) is 0 Å². The summed E-state index contributed by atoms with van der Waals surface area (Å²) < 4.78 is 0. The predicted molar refractivity (Wildman–Crippen MR) is 136 cm³/mol. The maximum atomic E-state index is 13.0. The Labute approximate surface area is 205 Å². The van der Waals surface area contributed by atoms with E-state index in [0.29, 0.717) is 18.1 Å². The van der Waals surface area contributed by atoms with Gasteiger partial charge in [-0.15, -0.1) is 0 Å². The van der Waals surface area contributed by atoms with Crippen molar-refractivity contribution in [1.29, 1.82) is 0 Å². The quantitative estimate of drug-likeness (QED) is 0.556. The maximum absolute atomic E-state index is 13.0. The van der Waals surface area contributed by atoms with Crippen molar-refractivity contribution in [3.63, 3.8) is 0 Å². The number of hydrazine groups is 1. The van der Waals surface area contributed by atoms with Gasteiger partial charge in [-0.05, 0) is 42.2 Å². The van der Waals surface area contributed by atoms with Gasteiger partial charge in [-0.3, -0.25) is 14.9 Å². The number of benzene rings is 3. The highest BCUT2D eigenvalue weighted by Crippen LogP contribution is 2.31. The molecule has 2 aliphatic heterocycles. The number of amides is 2. The maximum Gasteiger partial charge on any atom is 0.336 e. The summed E-state index contributed by atoms with van der Waals surface area (Å²) in [7, 11) is 1.82. The third-order valence-electron chi connectivity index (χ3n) is 6.48. The molecule has 0 saturated carbocycles. The molecule has 2 aliphatic rings. The smallest absolute Gasteiger partial charge is 0.291 e. The minimum atomic E-state index is -0.346. The summed E-state index contributed by atoms with van der Waals surface area (Å²) in [5.41, 5.74) is 9.02. The Kier molecular flexibility index (Phi) is 6.26. The van der Waals surface area contributed by atoms with Gasteiger partial charge in [-0.1, -0.05) is 83.9 Å². The van der Waals surface area contributed by atoms with Crippen molar-refractivity contribution in [3.8, 4) is 0 Å². The molecule has 1 saturated heterocycles. The summed E-state index contributed by atoms with van der Waals surface area (Å²) in [4.78, 5) is 14.7. The lowest BCUT2D eigenvalue weighted by Gasteiger charge is -2.27. The summed E-state index contributed by atoms with van der Waals surface area (Å²) in [6.45, 7) is 3.34. The summed E-state index contributed by atoms with van der Waals surface area (Å²) in [5.74, 6) is 0.0919. The van der Waals surface area contributed by atoms with Crippen LogP contribution in [0.3, 0.4) is 0 Å². The van der Waals surface area contributed by atoms with E-state index in [2.05, 4.69) is 48.7 Å². The number of nitrogens with one attached hydrogen (secondary N) is 1. The SMILES string of the molecule is Cc1ccc(CCN2NC(N3CC(c4ccccc4)C(c4ccc(Cl)cc4)=N3)N(C)C2=O)cc1. The van der Waals surface area contributed by atoms with Crippen LogP contribution in [0.15, 0.2) is 84.0 Å². The van der Waals surface area contributed by atoms with Crippen molar-refractivity contribution in [3.05, 3.63) is 106 Å². The molecule has 0 aliphatic carbocycles. The van der Waals surface area contributed by atoms with E-state index < -0.39 is 0 Å². The number of rotatable bonds is 6. The fourth-order valence-corrected chi connectivity index (χ4v) is 4.63. The number of halogens is 1. The van der Waals surface area contributed by atoms with Gasteiger partial charge in [-0.25, -0.2) is 4.79 Å². The number of hydrogen-bond acceptors (Lipinski definition) is 4. The van der Waals surface area contributed by atoms with Crippen LogP contribution >= 0.6 is 11.6 Å². The molecular formula is C27H28ClN5O. The molecule has 34 heavy (non-hydrogen) atoms. The van der Waals surface area contributed by atoms with Gasteiger partial charge in [0.05, 0.1) is 12.3 Å². The first-order chi connectivity index (χ1) is 16.5. The first-order valence-corrected chi connectivity index (χ1v) is 11.9. The Balaban J connectivity index is 1.36. The second kappa shape index (κ2) is 9.49. The molecule has 7 heteroatoms. The molecule has 0 spiro atoms. The molecule has 6 nitrogen and oxygen atoms in total. The van der Waals surface area contributed by atoms with Gasteiger partial charge in [0.15, 0.2) is 6.29 Å². The van der Waals surface area contributed by atoms with E-state index >= 15 is 0 Å². The van der Waals surface area contributed by atoms with Crippen LogP contribution in [0, 0.1) is 6.92 Å². The third-order valence-corrected chi connectivity index (χ3v) is 6.73. The van der Waals surface area contributed by atoms with Crippen molar-refractivity contribution in [1.82, 2.24) is 20.3 Å². The minimum Gasteiger partial charge on any atom is -0.291 e. The number of nitrogens with zero attached hydrogens (tertiary/aromatic N) is 4. The Morgan fingerprint density at radius 2 is 1.71 bits per heavy atom. The van der Waals surface area contributed by atoms with Crippen molar-refractivity contribution in [2.45, 2.75) is 25.6 Å². The normalized spacial score (nSPS) is 20.3. The molecular weight excluding hydrogens is 446 g/mol. The number of carbonyl (C=O) groups is 1. The zero-order valence-electron chi connectivity index (χ0n) is 19.4. The highest BCUT2D eigenvalue weighted by Gasteiger charge is 2.41. The van der Waals surface area contributed by atoms with E-state index in [9.17, 15) is 4.79 Å². The van der Waals surface area contributed by atoms with Crippen LogP contribution in [0.2, 0.25) is 5.02 Å². The fourth-order valence-electron chi connectivity index (χ4n) is 4.50. The molecule has 2 atom stereocenters. The molecule has 1 fully saturated rings. The van der Waals surface area contributed by atoms with Gasteiger partial charge in [-0.2, -0.15) is 10.5 Å². The second-order valence-electron chi connectivity index (χ2n) is 8.86. The topological polar surface area (TPSA) is 51.2 Å². The van der Waals surface area contributed by atoms with E-state index in [4.69, 9.17) is 16.7 Å². The molecule has 2 heterocycles. The van der Waals surface area contributed by atoms with E-state index in [1.807, 2.05) is 54.5 Å². The van der Waals surface area contributed by atoms with Gasteiger partial charge in [0, 0.05) is 24.5 Å². The number of aryl methyl sites for hydroxylation is 1. The fraction of sp³-hybridized carbons (Fsp3) is 0.259. The number of carbonyl (C=O) groups excluding carboxylic acids is 1. The average Bonchev–Trinajstić information content (AvgIpc) is 3.42. The predicted octanol–water partition coefficient (Wildman–Crippen LogP) is 4.85. The molecule has 0 bridgehead atoms. The van der Waals surface area contributed by atoms with Gasteiger partial charge < -0.3 is 0 Å². The van der Waals surface area contributed by atoms with Crippen molar-refractivity contribution < 1.29 is 4.79 Å². The standard InChI is InChI=1S/C27H28ClN5O/c1-19-8-10-20(11-9-19)16-17-32-27(34)31(2)26(30-32)33-18-24(21-6-4-3-5-7-21)25(29-33)22-12-14-23(28)15-13-22/h3-15,24,26,30H,16-18H2,1-2H3.